The van der Waals surface area contributed by atoms with Gasteiger partial charge in [-0.2, -0.15) is 4.31 Å². The highest BCUT2D eigenvalue weighted by Gasteiger charge is 2.23. The highest BCUT2D eigenvalue weighted by atomic mass is 32.2. The van der Waals surface area contributed by atoms with Gasteiger partial charge >= 0.3 is 0 Å². The molecule has 0 aliphatic rings. The summed E-state index contributed by atoms with van der Waals surface area (Å²) in [7, 11) is -2.40. The smallest absolute Gasteiger partial charge is 0.243 e. The van der Waals surface area contributed by atoms with Crippen molar-refractivity contribution < 1.29 is 23.1 Å². The minimum absolute atomic E-state index is 0.0279. The maximum atomic E-state index is 12.5. The lowest BCUT2D eigenvalue weighted by Gasteiger charge is -2.18. The zero-order chi connectivity index (χ0) is 17.5. The average molecular weight is 344 g/mol. The maximum absolute atomic E-state index is 12.5. The van der Waals surface area contributed by atoms with Gasteiger partial charge in [-0.3, -0.25) is 4.79 Å². The normalized spacial score (nSPS) is 11.5. The van der Waals surface area contributed by atoms with E-state index in [0.29, 0.717) is 30.9 Å². The molecule has 0 radical (unpaired) electrons. The summed E-state index contributed by atoms with van der Waals surface area (Å²) in [5.41, 5.74) is 0.716. The molecule has 1 aromatic carbocycles. The molecule has 7 nitrogen and oxygen atoms in total. The van der Waals surface area contributed by atoms with E-state index in [1.165, 1.54) is 19.2 Å². The Labute approximate surface area is 137 Å². The quantitative estimate of drug-likeness (QED) is 0.637. The summed E-state index contributed by atoms with van der Waals surface area (Å²) < 4.78 is 31.4. The molecule has 0 saturated carbocycles. The second-order valence-electron chi connectivity index (χ2n) is 5.05. The van der Waals surface area contributed by atoms with Crippen LogP contribution in [0.2, 0.25) is 0 Å². The lowest BCUT2D eigenvalue weighted by atomic mass is 10.2. The molecule has 0 saturated heterocycles. The van der Waals surface area contributed by atoms with E-state index in [9.17, 15) is 13.2 Å². The van der Waals surface area contributed by atoms with Crippen molar-refractivity contribution >= 4 is 15.9 Å². The van der Waals surface area contributed by atoms with Crippen molar-refractivity contribution in [2.24, 2.45) is 0 Å². The van der Waals surface area contributed by atoms with Crippen molar-refractivity contribution in [3.05, 3.63) is 23.8 Å². The molecule has 1 aromatic rings. The molecule has 130 valence electrons. The molecule has 0 bridgehead atoms. The molecule has 8 heteroatoms. The summed E-state index contributed by atoms with van der Waals surface area (Å²) in [4.78, 5) is 11.8. The van der Waals surface area contributed by atoms with Crippen molar-refractivity contribution in [1.29, 1.82) is 0 Å². The van der Waals surface area contributed by atoms with Gasteiger partial charge in [0.2, 0.25) is 15.9 Å². The molecule has 0 heterocycles. The highest BCUT2D eigenvalue weighted by molar-refractivity contribution is 7.89. The third-order valence-corrected chi connectivity index (χ3v) is 4.98. The molecule has 0 aromatic heterocycles. The summed E-state index contributed by atoms with van der Waals surface area (Å²) in [5, 5.41) is 11.2. The predicted molar refractivity (Wildman–Crippen MR) is 86.9 cm³/mol. The summed E-state index contributed by atoms with van der Waals surface area (Å²) in [6, 6.07) is 4.61. The first-order valence-electron chi connectivity index (χ1n) is 7.40. The average Bonchev–Trinajstić information content (AvgIpc) is 2.49. The van der Waals surface area contributed by atoms with E-state index in [1.54, 1.807) is 13.0 Å². The van der Waals surface area contributed by atoms with E-state index < -0.39 is 15.9 Å². The van der Waals surface area contributed by atoms with Crippen molar-refractivity contribution in [1.82, 2.24) is 9.62 Å². The molecule has 1 rings (SSSR count). The summed E-state index contributed by atoms with van der Waals surface area (Å²) in [5.74, 6) is 0.225. The number of amides is 1. The fraction of sp³-hybridized carbons (Fsp3) is 0.533. The number of aliphatic hydroxyl groups excluding tert-OH is 1. The summed E-state index contributed by atoms with van der Waals surface area (Å²) in [6.07, 6.45) is 0.431. The van der Waals surface area contributed by atoms with Gasteiger partial charge in [0.15, 0.2) is 0 Å². The molecular weight excluding hydrogens is 320 g/mol. The number of nitrogens with zero attached hydrogens (tertiary/aromatic N) is 1. The van der Waals surface area contributed by atoms with Crippen LogP contribution in [0, 0.1) is 6.92 Å². The molecule has 0 aliphatic carbocycles. The Balaban J connectivity index is 2.81. The van der Waals surface area contributed by atoms with Crippen LogP contribution in [0.1, 0.15) is 18.9 Å². The molecule has 0 unspecified atom stereocenters. The number of sulfonamides is 1. The van der Waals surface area contributed by atoms with Crippen molar-refractivity contribution in [3.8, 4) is 5.75 Å². The van der Waals surface area contributed by atoms with Crippen LogP contribution in [0.3, 0.4) is 0 Å². The van der Waals surface area contributed by atoms with Crippen LogP contribution in [-0.2, 0) is 14.8 Å². The first-order chi connectivity index (χ1) is 10.8. The molecule has 0 atom stereocenters. The van der Waals surface area contributed by atoms with Gasteiger partial charge < -0.3 is 15.2 Å². The summed E-state index contributed by atoms with van der Waals surface area (Å²) >= 11 is 0. The molecular formula is C15H24N2O5S. The Bertz CT molecular complexity index is 631. The molecule has 0 aliphatic heterocycles. The number of carbonyl (C=O) groups excluding carboxylic acids is 1. The number of rotatable bonds is 9. The SMILES string of the molecule is CCOc1ccc(S(=O)(=O)N(C)CC(=O)NCCCO)cc1C. The van der Waals surface area contributed by atoms with Gasteiger partial charge in [-0.15, -0.1) is 0 Å². The second kappa shape index (κ2) is 8.85. The molecule has 1 amide bonds. The Kier molecular flexibility index (Phi) is 7.47. The first kappa shape index (κ1) is 19.4. The van der Waals surface area contributed by atoms with Crippen LogP contribution in [-0.4, -0.2) is 57.1 Å². The monoisotopic (exact) mass is 344 g/mol. The van der Waals surface area contributed by atoms with Crippen molar-refractivity contribution in [3.63, 3.8) is 0 Å². The Hall–Kier alpha value is -1.64. The fourth-order valence-electron chi connectivity index (χ4n) is 1.93. The number of aryl methyl sites for hydroxylation is 1. The standard InChI is InChI=1S/C15H24N2O5S/c1-4-22-14-7-6-13(10-12(14)2)23(20,21)17(3)11-15(19)16-8-5-9-18/h6-7,10,18H,4-5,8-9,11H2,1-3H3,(H,16,19). The van der Waals surface area contributed by atoms with Crippen molar-refractivity contribution in [2.75, 3.05) is 33.4 Å². The van der Waals surface area contributed by atoms with Gasteiger partial charge in [0.25, 0.3) is 0 Å². The number of nitrogens with one attached hydrogen (secondary N) is 1. The lowest BCUT2D eigenvalue weighted by molar-refractivity contribution is -0.121. The van der Waals surface area contributed by atoms with Crippen LogP contribution in [0.5, 0.6) is 5.75 Å². The Morgan fingerprint density at radius 1 is 1.39 bits per heavy atom. The van der Waals surface area contributed by atoms with E-state index in [-0.39, 0.29) is 18.0 Å². The largest absolute Gasteiger partial charge is 0.494 e. The molecule has 0 spiro atoms. The minimum atomic E-state index is -3.75. The van der Waals surface area contributed by atoms with Gasteiger partial charge in [-0.1, -0.05) is 0 Å². The van der Waals surface area contributed by atoms with Gasteiger partial charge in [0.1, 0.15) is 5.75 Å². The zero-order valence-corrected chi connectivity index (χ0v) is 14.5. The van der Waals surface area contributed by atoms with E-state index in [0.717, 1.165) is 4.31 Å². The number of hydrogen-bond acceptors (Lipinski definition) is 5. The van der Waals surface area contributed by atoms with Gasteiger partial charge in [0, 0.05) is 20.2 Å². The van der Waals surface area contributed by atoms with Crippen LogP contribution in [0.4, 0.5) is 0 Å². The molecule has 0 fully saturated rings. The van der Waals surface area contributed by atoms with E-state index in [2.05, 4.69) is 5.32 Å². The van der Waals surface area contributed by atoms with Crippen molar-refractivity contribution in [2.45, 2.75) is 25.2 Å². The third kappa shape index (κ3) is 5.49. The fourth-order valence-corrected chi connectivity index (χ4v) is 3.14. The van der Waals surface area contributed by atoms with Crippen LogP contribution >= 0.6 is 0 Å². The maximum Gasteiger partial charge on any atom is 0.243 e. The number of carbonyl (C=O) groups is 1. The Morgan fingerprint density at radius 2 is 2.09 bits per heavy atom. The van der Waals surface area contributed by atoms with E-state index >= 15 is 0 Å². The first-order valence-corrected chi connectivity index (χ1v) is 8.84. The number of aliphatic hydroxyl groups is 1. The lowest BCUT2D eigenvalue weighted by Crippen LogP contribution is -2.38. The van der Waals surface area contributed by atoms with Crippen LogP contribution in [0.15, 0.2) is 23.1 Å². The number of hydrogen-bond donors (Lipinski definition) is 2. The van der Waals surface area contributed by atoms with Gasteiger partial charge in [0.05, 0.1) is 18.0 Å². The number of ether oxygens (including phenoxy) is 1. The second-order valence-corrected chi connectivity index (χ2v) is 7.09. The third-order valence-electron chi connectivity index (χ3n) is 3.18. The number of benzene rings is 1. The van der Waals surface area contributed by atoms with Gasteiger partial charge in [-0.25, -0.2) is 8.42 Å². The molecule has 23 heavy (non-hydrogen) atoms. The highest BCUT2D eigenvalue weighted by Crippen LogP contribution is 2.23. The molecule has 2 N–H and O–H groups in total. The zero-order valence-electron chi connectivity index (χ0n) is 13.7. The van der Waals surface area contributed by atoms with Crippen LogP contribution < -0.4 is 10.1 Å². The van der Waals surface area contributed by atoms with Crippen LogP contribution in [0.25, 0.3) is 0 Å². The van der Waals surface area contributed by atoms with E-state index in [1.807, 2.05) is 6.92 Å². The topological polar surface area (TPSA) is 95.9 Å². The predicted octanol–water partition coefficient (Wildman–Crippen LogP) is 0.513. The Morgan fingerprint density at radius 3 is 2.65 bits per heavy atom. The minimum Gasteiger partial charge on any atom is -0.494 e. The number of likely N-dealkylation sites (N-methyl/N-ethyl adjacent to an activating group) is 1. The van der Waals surface area contributed by atoms with Gasteiger partial charge in [-0.05, 0) is 44.0 Å². The summed E-state index contributed by atoms with van der Waals surface area (Å²) in [6.45, 7) is 4.13. The van der Waals surface area contributed by atoms with E-state index in [4.69, 9.17) is 9.84 Å².